The summed E-state index contributed by atoms with van der Waals surface area (Å²) in [4.78, 5) is 22.5. The Morgan fingerprint density at radius 3 is 2.21 bits per heavy atom. The molecule has 0 aromatic carbocycles. The maximum Gasteiger partial charge on any atom is 0.306 e. The smallest absolute Gasteiger partial charge is 0.306 e. The quantitative estimate of drug-likeness (QED) is 0.681. The van der Waals surface area contributed by atoms with Gasteiger partial charge in [-0.3, -0.25) is 9.59 Å². The van der Waals surface area contributed by atoms with Gasteiger partial charge in [-0.1, -0.05) is 13.8 Å². The molecule has 1 fully saturated rings. The largest absolute Gasteiger partial charge is 0.481 e. The van der Waals surface area contributed by atoms with E-state index in [0.29, 0.717) is 25.3 Å². The van der Waals surface area contributed by atoms with Gasteiger partial charge in [-0.05, 0) is 38.5 Å². The minimum absolute atomic E-state index is 0.0153. The molecule has 110 valence electrons. The SMILES string of the molecule is CC(C)C(C)NC(=O)CNC1CCC(C(=O)O)CC1. The molecule has 0 bridgehead atoms. The van der Waals surface area contributed by atoms with Crippen molar-refractivity contribution in [1.29, 1.82) is 0 Å². The van der Waals surface area contributed by atoms with Crippen LogP contribution in [0.2, 0.25) is 0 Å². The summed E-state index contributed by atoms with van der Waals surface area (Å²) in [5.74, 6) is -0.452. The van der Waals surface area contributed by atoms with Crippen LogP contribution >= 0.6 is 0 Å². The van der Waals surface area contributed by atoms with E-state index in [9.17, 15) is 9.59 Å². The Kier molecular flexibility index (Phi) is 6.28. The molecule has 0 saturated heterocycles. The molecule has 1 rings (SSSR count). The second-order valence-electron chi connectivity index (χ2n) is 5.87. The fourth-order valence-corrected chi connectivity index (χ4v) is 2.25. The molecule has 5 nitrogen and oxygen atoms in total. The van der Waals surface area contributed by atoms with Crippen LogP contribution < -0.4 is 10.6 Å². The minimum atomic E-state index is -0.693. The summed E-state index contributed by atoms with van der Waals surface area (Å²) in [6.45, 7) is 6.47. The third-order valence-corrected chi connectivity index (χ3v) is 4.02. The number of carboxylic acids is 1. The van der Waals surface area contributed by atoms with Crippen LogP contribution in [0.15, 0.2) is 0 Å². The van der Waals surface area contributed by atoms with Crippen LogP contribution in [0.25, 0.3) is 0 Å². The van der Waals surface area contributed by atoms with Crippen molar-refractivity contribution in [3.8, 4) is 0 Å². The van der Waals surface area contributed by atoms with Crippen LogP contribution in [-0.2, 0) is 9.59 Å². The number of rotatable bonds is 6. The first-order chi connectivity index (χ1) is 8.90. The van der Waals surface area contributed by atoms with Gasteiger partial charge in [0.2, 0.25) is 5.91 Å². The van der Waals surface area contributed by atoms with Crippen LogP contribution in [0.3, 0.4) is 0 Å². The van der Waals surface area contributed by atoms with Crippen molar-refractivity contribution >= 4 is 11.9 Å². The van der Waals surface area contributed by atoms with E-state index in [0.717, 1.165) is 12.8 Å². The zero-order chi connectivity index (χ0) is 14.4. The number of hydrogen-bond acceptors (Lipinski definition) is 3. The summed E-state index contributed by atoms with van der Waals surface area (Å²) >= 11 is 0. The summed E-state index contributed by atoms with van der Waals surface area (Å²) in [6.07, 6.45) is 3.09. The summed E-state index contributed by atoms with van der Waals surface area (Å²) in [5.41, 5.74) is 0. The molecule has 0 radical (unpaired) electrons. The number of carbonyl (C=O) groups excluding carboxylic acids is 1. The lowest BCUT2D eigenvalue weighted by atomic mass is 9.86. The highest BCUT2D eigenvalue weighted by Gasteiger charge is 2.25. The first-order valence-electron chi connectivity index (χ1n) is 7.15. The molecule has 1 atom stereocenters. The Morgan fingerprint density at radius 2 is 1.74 bits per heavy atom. The van der Waals surface area contributed by atoms with E-state index in [4.69, 9.17) is 5.11 Å². The number of carbonyl (C=O) groups is 2. The Labute approximate surface area is 115 Å². The number of nitrogens with one attached hydrogen (secondary N) is 2. The number of hydrogen-bond donors (Lipinski definition) is 3. The first-order valence-corrected chi connectivity index (χ1v) is 7.15. The molecule has 1 unspecified atom stereocenters. The van der Waals surface area contributed by atoms with Gasteiger partial charge in [-0.15, -0.1) is 0 Å². The lowest BCUT2D eigenvalue weighted by Gasteiger charge is -2.27. The van der Waals surface area contributed by atoms with Gasteiger partial charge in [0.1, 0.15) is 0 Å². The first kappa shape index (κ1) is 16.0. The highest BCUT2D eigenvalue weighted by atomic mass is 16.4. The zero-order valence-electron chi connectivity index (χ0n) is 12.1. The van der Waals surface area contributed by atoms with Crippen molar-refractivity contribution < 1.29 is 14.7 Å². The predicted molar refractivity (Wildman–Crippen MR) is 73.8 cm³/mol. The second-order valence-corrected chi connectivity index (χ2v) is 5.87. The van der Waals surface area contributed by atoms with Crippen molar-refractivity contribution in [2.24, 2.45) is 11.8 Å². The topological polar surface area (TPSA) is 78.4 Å². The zero-order valence-corrected chi connectivity index (χ0v) is 12.1. The molecule has 1 amide bonds. The molecule has 0 spiro atoms. The third-order valence-electron chi connectivity index (χ3n) is 4.02. The average Bonchev–Trinajstić information content (AvgIpc) is 2.36. The van der Waals surface area contributed by atoms with Crippen molar-refractivity contribution in [1.82, 2.24) is 10.6 Å². The van der Waals surface area contributed by atoms with E-state index in [1.807, 2.05) is 6.92 Å². The number of carboxylic acid groups (broad SMARTS) is 1. The summed E-state index contributed by atoms with van der Waals surface area (Å²) in [5, 5.41) is 15.1. The maximum absolute atomic E-state index is 11.7. The van der Waals surface area contributed by atoms with Gasteiger partial charge in [0.25, 0.3) is 0 Å². The average molecular weight is 270 g/mol. The minimum Gasteiger partial charge on any atom is -0.481 e. The standard InChI is InChI=1S/C14H26N2O3/c1-9(2)10(3)16-13(17)8-15-12-6-4-11(5-7-12)14(18)19/h9-12,15H,4-8H2,1-3H3,(H,16,17)(H,18,19). The van der Waals surface area contributed by atoms with Crippen LogP contribution in [0.5, 0.6) is 0 Å². The highest BCUT2D eigenvalue weighted by Crippen LogP contribution is 2.24. The molecular weight excluding hydrogens is 244 g/mol. The molecule has 5 heteroatoms. The van der Waals surface area contributed by atoms with Crippen molar-refractivity contribution in [3.63, 3.8) is 0 Å². The van der Waals surface area contributed by atoms with Gasteiger partial charge in [0, 0.05) is 12.1 Å². The van der Waals surface area contributed by atoms with Crippen LogP contribution in [0, 0.1) is 11.8 Å². The van der Waals surface area contributed by atoms with Crippen LogP contribution in [0.1, 0.15) is 46.5 Å². The third kappa shape index (κ3) is 5.59. The molecule has 19 heavy (non-hydrogen) atoms. The number of aliphatic carboxylic acids is 1. The van der Waals surface area contributed by atoms with Gasteiger partial charge in [-0.25, -0.2) is 0 Å². The van der Waals surface area contributed by atoms with E-state index >= 15 is 0 Å². The normalized spacial score (nSPS) is 25.1. The Balaban J connectivity index is 2.20. The maximum atomic E-state index is 11.7. The Bertz CT molecular complexity index is 310. The molecular formula is C14H26N2O3. The van der Waals surface area contributed by atoms with E-state index in [1.165, 1.54) is 0 Å². The fraction of sp³-hybridized carbons (Fsp3) is 0.857. The lowest BCUT2D eigenvalue weighted by molar-refractivity contribution is -0.143. The van der Waals surface area contributed by atoms with Gasteiger partial charge in [0.05, 0.1) is 12.5 Å². The predicted octanol–water partition coefficient (Wildman–Crippen LogP) is 1.38. The van der Waals surface area contributed by atoms with E-state index in [1.54, 1.807) is 0 Å². The second kappa shape index (κ2) is 7.48. The summed E-state index contributed by atoms with van der Waals surface area (Å²) < 4.78 is 0. The van der Waals surface area contributed by atoms with E-state index < -0.39 is 5.97 Å². The van der Waals surface area contributed by atoms with Crippen LogP contribution in [-0.4, -0.2) is 35.6 Å². The molecule has 0 aromatic rings. The van der Waals surface area contributed by atoms with Crippen molar-refractivity contribution in [2.45, 2.75) is 58.5 Å². The van der Waals surface area contributed by atoms with E-state index in [-0.39, 0.29) is 23.9 Å². The molecule has 1 aliphatic carbocycles. The lowest BCUT2D eigenvalue weighted by Crippen LogP contribution is -2.44. The monoisotopic (exact) mass is 270 g/mol. The molecule has 3 N–H and O–H groups in total. The fourth-order valence-electron chi connectivity index (χ4n) is 2.25. The van der Waals surface area contributed by atoms with Gasteiger partial charge in [-0.2, -0.15) is 0 Å². The van der Waals surface area contributed by atoms with Gasteiger partial charge < -0.3 is 15.7 Å². The summed E-state index contributed by atoms with van der Waals surface area (Å²) in [6, 6.07) is 0.452. The van der Waals surface area contributed by atoms with Gasteiger partial charge in [0.15, 0.2) is 0 Å². The molecule has 0 aliphatic heterocycles. The Hall–Kier alpha value is -1.10. The van der Waals surface area contributed by atoms with Crippen LogP contribution in [0.4, 0.5) is 0 Å². The van der Waals surface area contributed by atoms with Crippen molar-refractivity contribution in [3.05, 3.63) is 0 Å². The highest BCUT2D eigenvalue weighted by molar-refractivity contribution is 5.78. The summed E-state index contributed by atoms with van der Waals surface area (Å²) in [7, 11) is 0. The molecule has 1 aliphatic rings. The van der Waals surface area contributed by atoms with E-state index in [2.05, 4.69) is 24.5 Å². The van der Waals surface area contributed by atoms with Gasteiger partial charge >= 0.3 is 5.97 Å². The Morgan fingerprint density at radius 1 is 1.16 bits per heavy atom. The molecule has 1 saturated carbocycles. The number of amides is 1. The molecule has 0 heterocycles. The molecule has 0 aromatic heterocycles. The van der Waals surface area contributed by atoms with Crippen molar-refractivity contribution in [2.75, 3.05) is 6.54 Å².